The number of aromatic nitrogens is 2. The highest BCUT2D eigenvalue weighted by Crippen LogP contribution is 2.35. The molecule has 0 fully saturated rings. The monoisotopic (exact) mass is 391 g/mol. The summed E-state index contributed by atoms with van der Waals surface area (Å²) in [6, 6.07) is 5.50. The van der Waals surface area contributed by atoms with Crippen molar-refractivity contribution in [2.75, 3.05) is 25.2 Å². The molecule has 1 aromatic carbocycles. The van der Waals surface area contributed by atoms with Crippen LogP contribution >= 0.6 is 23.1 Å². The summed E-state index contributed by atoms with van der Waals surface area (Å²) in [5.41, 5.74) is 1.63. The van der Waals surface area contributed by atoms with E-state index in [1.165, 1.54) is 11.3 Å². The van der Waals surface area contributed by atoms with Crippen LogP contribution in [0, 0.1) is 6.92 Å². The lowest BCUT2D eigenvalue weighted by atomic mass is 10.2. The zero-order valence-electron chi connectivity index (χ0n) is 14.4. The molecule has 0 aliphatic carbocycles. The van der Waals surface area contributed by atoms with E-state index in [0.29, 0.717) is 23.7 Å². The largest absolute Gasteiger partial charge is 0.486 e. The van der Waals surface area contributed by atoms with E-state index in [9.17, 15) is 4.79 Å². The zero-order valence-corrected chi connectivity index (χ0v) is 16.0. The Balaban J connectivity index is 1.84. The lowest BCUT2D eigenvalue weighted by molar-refractivity contribution is 0.0962. The highest BCUT2D eigenvalue weighted by atomic mass is 32.2. The normalized spacial score (nSPS) is 14.2. The molecule has 9 heteroatoms. The Hall–Kier alpha value is -2.26. The van der Waals surface area contributed by atoms with E-state index >= 15 is 0 Å². The molecule has 0 saturated heterocycles. The summed E-state index contributed by atoms with van der Waals surface area (Å²) in [6.45, 7) is 3.58. The van der Waals surface area contributed by atoms with Crippen LogP contribution in [0.25, 0.3) is 10.2 Å². The number of thiazole rings is 1. The van der Waals surface area contributed by atoms with Crippen LogP contribution < -0.4 is 14.3 Å². The highest BCUT2D eigenvalue weighted by Gasteiger charge is 2.17. The van der Waals surface area contributed by atoms with E-state index in [-0.39, 0.29) is 5.76 Å². The van der Waals surface area contributed by atoms with Gasteiger partial charge < -0.3 is 18.6 Å². The number of thioether (sulfide) groups is 1. The van der Waals surface area contributed by atoms with E-state index in [0.717, 1.165) is 34.0 Å². The van der Waals surface area contributed by atoms with Gasteiger partial charge in [0.15, 0.2) is 16.3 Å². The van der Waals surface area contributed by atoms with E-state index in [1.54, 1.807) is 24.8 Å². The summed E-state index contributed by atoms with van der Waals surface area (Å²) in [4.78, 5) is 17.3. The molecular formula is C17H17N3O4S2. The van der Waals surface area contributed by atoms with Crippen LogP contribution in [0.2, 0.25) is 0 Å². The number of carbonyl (C=O) groups is 1. The third-order valence-corrected chi connectivity index (χ3v) is 5.53. The molecule has 7 nitrogen and oxygen atoms in total. The Labute approximate surface area is 157 Å². The average Bonchev–Trinajstić information content (AvgIpc) is 3.21. The molecule has 3 heterocycles. The summed E-state index contributed by atoms with van der Waals surface area (Å²) in [5, 5.41) is 3.75. The number of rotatable bonds is 4. The van der Waals surface area contributed by atoms with Crippen molar-refractivity contribution >= 4 is 39.2 Å². The van der Waals surface area contributed by atoms with Gasteiger partial charge in [-0.1, -0.05) is 16.5 Å². The van der Waals surface area contributed by atoms with Crippen molar-refractivity contribution in [3.05, 3.63) is 34.5 Å². The first-order valence-electron chi connectivity index (χ1n) is 8.10. The Kier molecular flexibility index (Phi) is 4.73. The van der Waals surface area contributed by atoms with Crippen molar-refractivity contribution < 1.29 is 18.8 Å². The van der Waals surface area contributed by atoms with E-state index in [2.05, 4.69) is 10.1 Å². The molecule has 0 atom stereocenters. The predicted octanol–water partition coefficient (Wildman–Crippen LogP) is 2.87. The molecule has 1 aliphatic heterocycles. The molecule has 26 heavy (non-hydrogen) atoms. The molecule has 0 N–H and O–H groups in total. The van der Waals surface area contributed by atoms with Crippen LogP contribution in [0.1, 0.15) is 16.2 Å². The van der Waals surface area contributed by atoms with Crippen LogP contribution in [-0.4, -0.2) is 40.9 Å². The zero-order chi connectivity index (χ0) is 18.1. The van der Waals surface area contributed by atoms with E-state index < -0.39 is 5.91 Å². The van der Waals surface area contributed by atoms with Gasteiger partial charge in [0.25, 0.3) is 0 Å². The molecule has 0 spiro atoms. The topological polar surface area (TPSA) is 78.9 Å². The number of fused-ring (bicyclic) bond motifs is 2. The summed E-state index contributed by atoms with van der Waals surface area (Å²) in [5.74, 6) is 2.06. The van der Waals surface area contributed by atoms with Gasteiger partial charge in [-0.2, -0.15) is 16.8 Å². The number of hydrogen-bond donors (Lipinski definition) is 0. The van der Waals surface area contributed by atoms with Gasteiger partial charge >= 0.3 is 5.91 Å². The molecule has 0 saturated carbocycles. The Morgan fingerprint density at radius 2 is 2.08 bits per heavy atom. The standard InChI is InChI=1S/C17H17N3O4S2/c1-10-7-14(24-19-10)16(21)18-17-20(3-6-25-2)11-8-12-13(9-15(11)26-17)23-5-4-22-12/h7-9H,3-6H2,1-2H3. The Bertz CT molecular complexity index is 1030. The summed E-state index contributed by atoms with van der Waals surface area (Å²) in [6.07, 6.45) is 2.05. The minimum absolute atomic E-state index is 0.141. The average molecular weight is 391 g/mol. The maximum atomic E-state index is 12.4. The highest BCUT2D eigenvalue weighted by molar-refractivity contribution is 7.98. The summed E-state index contributed by atoms with van der Waals surface area (Å²) >= 11 is 3.18. The van der Waals surface area contributed by atoms with Gasteiger partial charge in [0.1, 0.15) is 13.2 Å². The number of ether oxygens (including phenoxy) is 2. The molecule has 0 radical (unpaired) electrons. The molecule has 0 unspecified atom stereocenters. The first kappa shape index (κ1) is 17.2. The predicted molar refractivity (Wildman–Crippen MR) is 100 cm³/mol. The maximum absolute atomic E-state index is 12.4. The van der Waals surface area contributed by atoms with Crippen LogP contribution in [0.3, 0.4) is 0 Å². The SMILES string of the molecule is CSCCn1c(=NC(=O)c2cc(C)no2)sc2cc3c(cc21)OCCO3. The minimum Gasteiger partial charge on any atom is -0.486 e. The van der Waals surface area contributed by atoms with Crippen molar-refractivity contribution in [1.29, 1.82) is 0 Å². The fourth-order valence-corrected chi connectivity index (χ4v) is 4.13. The van der Waals surface area contributed by atoms with Gasteiger partial charge in [-0.05, 0) is 13.2 Å². The van der Waals surface area contributed by atoms with Crippen molar-refractivity contribution in [1.82, 2.24) is 9.72 Å². The number of hydrogen-bond acceptors (Lipinski definition) is 7. The summed E-state index contributed by atoms with van der Waals surface area (Å²) in [7, 11) is 0. The molecular weight excluding hydrogens is 374 g/mol. The molecule has 3 aromatic rings. The first-order chi connectivity index (χ1) is 12.7. The lowest BCUT2D eigenvalue weighted by Crippen LogP contribution is -2.18. The first-order valence-corrected chi connectivity index (χ1v) is 10.3. The number of aryl methyl sites for hydroxylation is 2. The molecule has 2 aromatic heterocycles. The van der Waals surface area contributed by atoms with Gasteiger partial charge in [-0.25, -0.2) is 0 Å². The van der Waals surface area contributed by atoms with E-state index in [1.807, 2.05) is 23.0 Å². The summed E-state index contributed by atoms with van der Waals surface area (Å²) < 4.78 is 19.4. The van der Waals surface area contributed by atoms with Gasteiger partial charge in [-0.3, -0.25) is 4.79 Å². The number of carbonyl (C=O) groups excluding carboxylic acids is 1. The molecule has 4 rings (SSSR count). The minimum atomic E-state index is -0.438. The maximum Gasteiger partial charge on any atom is 0.318 e. The van der Waals surface area contributed by atoms with Gasteiger partial charge in [-0.15, -0.1) is 0 Å². The molecule has 136 valence electrons. The Morgan fingerprint density at radius 3 is 2.77 bits per heavy atom. The quantitative estimate of drug-likeness (QED) is 0.680. The smallest absolute Gasteiger partial charge is 0.318 e. The van der Waals surface area contributed by atoms with Crippen molar-refractivity contribution in [2.24, 2.45) is 4.99 Å². The molecule has 0 bridgehead atoms. The number of benzene rings is 1. The number of nitrogens with zero attached hydrogens (tertiary/aromatic N) is 3. The van der Waals surface area contributed by atoms with Crippen LogP contribution in [0.5, 0.6) is 11.5 Å². The second-order valence-corrected chi connectivity index (χ2v) is 7.74. The fourth-order valence-electron chi connectivity index (χ4n) is 2.70. The second-order valence-electron chi connectivity index (χ2n) is 5.74. The van der Waals surface area contributed by atoms with Gasteiger partial charge in [0, 0.05) is 30.5 Å². The fraction of sp³-hybridized carbons (Fsp3) is 0.353. The van der Waals surface area contributed by atoms with Crippen LogP contribution in [0.15, 0.2) is 27.7 Å². The second kappa shape index (κ2) is 7.16. The third kappa shape index (κ3) is 3.24. The van der Waals surface area contributed by atoms with E-state index in [4.69, 9.17) is 14.0 Å². The number of amides is 1. The van der Waals surface area contributed by atoms with Gasteiger partial charge in [0.2, 0.25) is 5.76 Å². The Morgan fingerprint density at radius 1 is 1.31 bits per heavy atom. The van der Waals surface area contributed by atoms with Crippen LogP contribution in [0.4, 0.5) is 0 Å². The van der Waals surface area contributed by atoms with Crippen molar-refractivity contribution in [3.8, 4) is 11.5 Å². The molecule has 1 amide bonds. The van der Waals surface area contributed by atoms with Crippen LogP contribution in [-0.2, 0) is 6.54 Å². The third-order valence-electron chi connectivity index (χ3n) is 3.90. The van der Waals surface area contributed by atoms with Gasteiger partial charge in [0.05, 0.1) is 15.9 Å². The molecule has 1 aliphatic rings. The lowest BCUT2D eigenvalue weighted by Gasteiger charge is -2.18. The van der Waals surface area contributed by atoms with Crippen molar-refractivity contribution in [2.45, 2.75) is 13.5 Å². The van der Waals surface area contributed by atoms with Crippen molar-refractivity contribution in [3.63, 3.8) is 0 Å².